The number of aromatic nitrogens is 3. The molecule has 32 heavy (non-hydrogen) atoms. The molecule has 0 unspecified atom stereocenters. The van der Waals surface area contributed by atoms with Gasteiger partial charge in [0.1, 0.15) is 17.5 Å². The van der Waals surface area contributed by atoms with Crippen LogP contribution in [-0.2, 0) is 4.74 Å². The highest BCUT2D eigenvalue weighted by Gasteiger charge is 2.31. The summed E-state index contributed by atoms with van der Waals surface area (Å²) in [5.41, 5.74) is 1.62. The van der Waals surface area contributed by atoms with Gasteiger partial charge in [0.2, 0.25) is 11.8 Å². The molecule has 0 radical (unpaired) electrons. The van der Waals surface area contributed by atoms with Crippen molar-refractivity contribution in [2.75, 3.05) is 33.1 Å². The number of anilines is 2. The molecule has 1 aliphatic rings. The van der Waals surface area contributed by atoms with E-state index < -0.39 is 0 Å². The summed E-state index contributed by atoms with van der Waals surface area (Å²) in [5.74, 6) is 1.29. The Kier molecular flexibility index (Phi) is 5.92. The number of H-pyrrole nitrogens is 1. The predicted octanol–water partition coefficient (Wildman–Crippen LogP) is 3.75. The normalized spacial score (nSPS) is 17.7. The van der Waals surface area contributed by atoms with Gasteiger partial charge in [-0.3, -0.25) is 4.79 Å². The Balaban J connectivity index is 1.62. The summed E-state index contributed by atoms with van der Waals surface area (Å²) in [5, 5.41) is 4.02. The van der Waals surface area contributed by atoms with Crippen molar-refractivity contribution >= 4 is 28.6 Å². The Labute approximate surface area is 187 Å². The van der Waals surface area contributed by atoms with E-state index in [0.29, 0.717) is 41.1 Å². The van der Waals surface area contributed by atoms with Crippen LogP contribution in [0.5, 0.6) is 11.6 Å². The third-order valence-corrected chi connectivity index (χ3v) is 5.41. The fourth-order valence-corrected chi connectivity index (χ4v) is 3.80. The average Bonchev–Trinajstić information content (AvgIpc) is 3.21. The van der Waals surface area contributed by atoms with Crippen LogP contribution in [0.15, 0.2) is 30.5 Å². The van der Waals surface area contributed by atoms with Crippen LogP contribution in [0.2, 0.25) is 0 Å². The van der Waals surface area contributed by atoms with Crippen molar-refractivity contribution < 1.29 is 19.0 Å². The van der Waals surface area contributed by atoms with E-state index in [1.807, 2.05) is 12.3 Å². The number of nitrogens with one attached hydrogen (secondary N) is 2. The van der Waals surface area contributed by atoms with Crippen molar-refractivity contribution in [2.24, 2.45) is 0 Å². The minimum atomic E-state index is -0.229. The van der Waals surface area contributed by atoms with Crippen molar-refractivity contribution in [1.29, 1.82) is 0 Å². The summed E-state index contributed by atoms with van der Waals surface area (Å²) < 4.78 is 17.6. The lowest BCUT2D eigenvalue weighted by molar-refractivity contribution is -0.0901. The molecule has 1 fully saturated rings. The summed E-state index contributed by atoms with van der Waals surface area (Å²) in [6, 6.07) is 7.11. The van der Waals surface area contributed by atoms with Crippen molar-refractivity contribution in [3.8, 4) is 11.6 Å². The van der Waals surface area contributed by atoms with Gasteiger partial charge in [-0.25, -0.2) is 0 Å². The van der Waals surface area contributed by atoms with E-state index in [-0.39, 0.29) is 17.6 Å². The number of hydrogen-bond acceptors (Lipinski definition) is 7. The molecule has 1 aliphatic heterocycles. The van der Waals surface area contributed by atoms with Crippen LogP contribution in [-0.4, -0.2) is 65.3 Å². The molecule has 0 spiro atoms. The SMILES string of the molecule is COc1cc(C(=O)N(C)C)ccc1Nc1nc(O[C@H]2CCOC(C)(C)C2)c2cc[nH]c2n1. The van der Waals surface area contributed by atoms with Crippen molar-refractivity contribution in [3.63, 3.8) is 0 Å². The highest BCUT2D eigenvalue weighted by atomic mass is 16.5. The average molecular weight is 440 g/mol. The molecular formula is C23H29N5O4. The minimum absolute atomic E-state index is 0.00506. The summed E-state index contributed by atoms with van der Waals surface area (Å²) in [4.78, 5) is 26.1. The molecule has 1 aromatic carbocycles. The van der Waals surface area contributed by atoms with E-state index in [2.05, 4.69) is 34.1 Å². The lowest BCUT2D eigenvalue weighted by atomic mass is 9.96. The number of carbonyl (C=O) groups is 1. The molecule has 170 valence electrons. The van der Waals surface area contributed by atoms with Gasteiger partial charge in [-0.05, 0) is 38.1 Å². The largest absolute Gasteiger partial charge is 0.495 e. The Bertz CT molecular complexity index is 1120. The van der Waals surface area contributed by atoms with Gasteiger partial charge in [-0.2, -0.15) is 9.97 Å². The van der Waals surface area contributed by atoms with E-state index in [1.165, 1.54) is 4.90 Å². The number of carbonyl (C=O) groups excluding carboxylic acids is 1. The first-order chi connectivity index (χ1) is 15.3. The van der Waals surface area contributed by atoms with E-state index in [0.717, 1.165) is 18.2 Å². The number of rotatable bonds is 6. The maximum atomic E-state index is 12.3. The van der Waals surface area contributed by atoms with Crippen LogP contribution in [0.3, 0.4) is 0 Å². The molecule has 3 aromatic rings. The number of hydrogen-bond donors (Lipinski definition) is 2. The lowest BCUT2D eigenvalue weighted by Crippen LogP contribution is -2.39. The number of ether oxygens (including phenoxy) is 3. The molecule has 1 saturated heterocycles. The van der Waals surface area contributed by atoms with Gasteiger partial charge in [-0.1, -0.05) is 0 Å². The van der Waals surface area contributed by atoms with Crippen molar-refractivity contribution in [2.45, 2.75) is 38.4 Å². The zero-order valence-electron chi connectivity index (χ0n) is 19.1. The summed E-state index contributed by atoms with van der Waals surface area (Å²) >= 11 is 0. The van der Waals surface area contributed by atoms with Crippen LogP contribution >= 0.6 is 0 Å². The van der Waals surface area contributed by atoms with Gasteiger partial charge >= 0.3 is 0 Å². The Hall–Kier alpha value is -3.33. The second-order valence-electron chi connectivity index (χ2n) is 8.67. The first kappa shape index (κ1) is 21.9. The number of nitrogens with zero attached hydrogens (tertiary/aromatic N) is 3. The summed E-state index contributed by atoms with van der Waals surface area (Å²) in [7, 11) is 4.98. The predicted molar refractivity (Wildman–Crippen MR) is 122 cm³/mol. The van der Waals surface area contributed by atoms with Crippen LogP contribution in [0.1, 0.15) is 37.0 Å². The van der Waals surface area contributed by atoms with Crippen molar-refractivity contribution in [3.05, 3.63) is 36.0 Å². The molecule has 9 heteroatoms. The topological polar surface area (TPSA) is 102 Å². The molecule has 0 aliphatic carbocycles. The second kappa shape index (κ2) is 8.66. The quantitative estimate of drug-likeness (QED) is 0.603. The zero-order chi connectivity index (χ0) is 22.9. The standard InChI is InChI=1S/C23H29N5O4/c1-23(2)13-15(9-11-31-23)32-20-16-8-10-24-19(16)26-22(27-20)25-17-7-6-14(12-18(17)30-5)21(29)28(3)4/h6-8,10,12,15H,9,11,13H2,1-5H3,(H2,24,25,26,27)/t15-/m0/s1. The summed E-state index contributed by atoms with van der Waals surface area (Å²) in [6.07, 6.45) is 3.40. The Morgan fingerprint density at radius 2 is 2.09 bits per heavy atom. The molecular weight excluding hydrogens is 410 g/mol. The number of benzene rings is 1. The first-order valence-electron chi connectivity index (χ1n) is 10.6. The molecule has 3 heterocycles. The number of methoxy groups -OCH3 is 1. The van der Waals surface area contributed by atoms with Gasteiger partial charge < -0.3 is 29.4 Å². The van der Waals surface area contributed by atoms with Crippen LogP contribution in [0, 0.1) is 0 Å². The van der Waals surface area contributed by atoms with E-state index in [1.54, 1.807) is 39.4 Å². The van der Waals surface area contributed by atoms with Gasteiger partial charge in [0, 0.05) is 38.7 Å². The van der Waals surface area contributed by atoms with E-state index in [9.17, 15) is 4.79 Å². The van der Waals surface area contributed by atoms with Crippen molar-refractivity contribution in [1.82, 2.24) is 19.9 Å². The lowest BCUT2D eigenvalue weighted by Gasteiger charge is -2.35. The van der Waals surface area contributed by atoms with Crippen LogP contribution in [0.4, 0.5) is 11.6 Å². The third kappa shape index (κ3) is 4.62. The Morgan fingerprint density at radius 1 is 1.28 bits per heavy atom. The maximum absolute atomic E-state index is 12.3. The number of fused-ring (bicyclic) bond motifs is 1. The summed E-state index contributed by atoms with van der Waals surface area (Å²) in [6.45, 7) is 4.79. The smallest absolute Gasteiger partial charge is 0.253 e. The van der Waals surface area contributed by atoms with Gasteiger partial charge in [0.15, 0.2) is 0 Å². The molecule has 1 atom stereocenters. The van der Waals surface area contributed by atoms with Gasteiger partial charge in [0.25, 0.3) is 5.91 Å². The third-order valence-electron chi connectivity index (χ3n) is 5.41. The van der Waals surface area contributed by atoms with Gasteiger partial charge in [0.05, 0.1) is 30.4 Å². The minimum Gasteiger partial charge on any atom is -0.495 e. The molecule has 1 amide bonds. The molecule has 0 bridgehead atoms. The molecule has 2 aromatic heterocycles. The zero-order valence-corrected chi connectivity index (χ0v) is 19.1. The molecule has 2 N–H and O–H groups in total. The monoisotopic (exact) mass is 439 g/mol. The first-order valence-corrected chi connectivity index (χ1v) is 10.6. The van der Waals surface area contributed by atoms with Gasteiger partial charge in [-0.15, -0.1) is 0 Å². The number of amides is 1. The van der Waals surface area contributed by atoms with Crippen LogP contribution in [0.25, 0.3) is 11.0 Å². The fraction of sp³-hybridized carbons (Fsp3) is 0.435. The molecule has 9 nitrogen and oxygen atoms in total. The highest BCUT2D eigenvalue weighted by molar-refractivity contribution is 5.95. The second-order valence-corrected chi connectivity index (χ2v) is 8.67. The fourth-order valence-electron chi connectivity index (χ4n) is 3.80. The molecule has 4 rings (SSSR count). The highest BCUT2D eigenvalue weighted by Crippen LogP contribution is 2.32. The van der Waals surface area contributed by atoms with E-state index in [4.69, 9.17) is 14.2 Å². The Morgan fingerprint density at radius 3 is 2.81 bits per heavy atom. The molecule has 0 saturated carbocycles. The van der Waals surface area contributed by atoms with E-state index >= 15 is 0 Å². The van der Waals surface area contributed by atoms with Crippen LogP contribution < -0.4 is 14.8 Å². The number of aromatic amines is 1. The maximum Gasteiger partial charge on any atom is 0.253 e.